The van der Waals surface area contributed by atoms with Crippen LogP contribution in [0.25, 0.3) is 22.3 Å². The topological polar surface area (TPSA) is 56.8 Å². The van der Waals surface area contributed by atoms with Gasteiger partial charge in [0.15, 0.2) is 0 Å². The molecule has 0 aliphatic heterocycles. The van der Waals surface area contributed by atoms with Crippen molar-refractivity contribution in [3.63, 3.8) is 0 Å². The van der Waals surface area contributed by atoms with Crippen LogP contribution in [0.15, 0.2) is 36.7 Å². The van der Waals surface area contributed by atoms with Crippen LogP contribution in [0.5, 0.6) is 0 Å². The average molecular weight is 370 g/mol. The minimum absolute atomic E-state index is 0.453. The number of rotatable bonds is 4. The van der Waals surface area contributed by atoms with E-state index in [0.29, 0.717) is 17.1 Å². The highest BCUT2D eigenvalue weighted by Crippen LogP contribution is 2.30. The first kappa shape index (κ1) is 17.3. The lowest BCUT2D eigenvalue weighted by atomic mass is 9.90. The van der Waals surface area contributed by atoms with Crippen LogP contribution < -0.4 is 5.32 Å². The number of nitrogens with zero attached hydrogens (tertiary/aromatic N) is 3. The Balaban J connectivity index is 1.56. The quantitative estimate of drug-likeness (QED) is 0.707. The molecule has 6 heteroatoms. The molecule has 0 amide bonds. The zero-order valence-electron chi connectivity index (χ0n) is 15.2. The van der Waals surface area contributed by atoms with Gasteiger partial charge in [0.05, 0.1) is 5.69 Å². The molecule has 3 aromatic heterocycles. The van der Waals surface area contributed by atoms with Crippen molar-refractivity contribution < 1.29 is 0 Å². The molecule has 26 heavy (non-hydrogen) atoms. The highest BCUT2D eigenvalue weighted by atomic mass is 35.5. The zero-order chi connectivity index (χ0) is 18.1. The molecule has 1 aliphatic carbocycles. The van der Waals surface area contributed by atoms with Crippen LogP contribution >= 0.6 is 11.6 Å². The van der Waals surface area contributed by atoms with Crippen LogP contribution in [-0.2, 0) is 0 Å². The number of hydrogen-bond donors (Lipinski definition) is 2. The second kappa shape index (κ2) is 7.25. The van der Waals surface area contributed by atoms with Crippen LogP contribution in [0.1, 0.15) is 25.7 Å². The third-order valence-corrected chi connectivity index (χ3v) is 5.51. The third kappa shape index (κ3) is 3.55. The molecule has 1 fully saturated rings. The third-order valence-electron chi connectivity index (χ3n) is 5.30. The molecule has 0 radical (unpaired) electrons. The van der Waals surface area contributed by atoms with Gasteiger partial charge in [0.2, 0.25) is 0 Å². The van der Waals surface area contributed by atoms with Crippen molar-refractivity contribution >= 4 is 28.5 Å². The Morgan fingerprint density at radius 1 is 1.19 bits per heavy atom. The molecule has 0 atom stereocenters. The second-order valence-corrected chi connectivity index (χ2v) is 7.71. The van der Waals surface area contributed by atoms with Crippen molar-refractivity contribution in [3.8, 4) is 11.3 Å². The van der Waals surface area contributed by atoms with Gasteiger partial charge in [0.25, 0.3) is 0 Å². The van der Waals surface area contributed by atoms with E-state index >= 15 is 0 Å². The van der Waals surface area contributed by atoms with Gasteiger partial charge < -0.3 is 15.2 Å². The van der Waals surface area contributed by atoms with Gasteiger partial charge in [-0.3, -0.25) is 0 Å². The van der Waals surface area contributed by atoms with Gasteiger partial charge >= 0.3 is 0 Å². The number of halogens is 1. The molecule has 1 aliphatic rings. The average Bonchev–Trinajstić information content (AvgIpc) is 3.06. The molecule has 0 spiro atoms. The Labute approximate surface area is 158 Å². The van der Waals surface area contributed by atoms with Gasteiger partial charge in [-0.2, -0.15) is 0 Å². The van der Waals surface area contributed by atoms with Gasteiger partial charge in [-0.05, 0) is 64.0 Å². The summed E-state index contributed by atoms with van der Waals surface area (Å²) < 4.78 is 0. The number of nitrogens with one attached hydrogen (secondary N) is 2. The smallest absolute Gasteiger partial charge is 0.137 e. The highest BCUT2D eigenvalue weighted by molar-refractivity contribution is 6.31. The fourth-order valence-electron chi connectivity index (χ4n) is 3.82. The monoisotopic (exact) mass is 369 g/mol. The number of pyridine rings is 2. The molecule has 1 saturated carbocycles. The van der Waals surface area contributed by atoms with E-state index in [9.17, 15) is 0 Å². The zero-order valence-corrected chi connectivity index (χ0v) is 15.9. The lowest BCUT2D eigenvalue weighted by molar-refractivity contribution is 0.221. The molecule has 2 N–H and O–H groups in total. The Morgan fingerprint density at radius 2 is 2.00 bits per heavy atom. The Hall–Kier alpha value is -2.11. The van der Waals surface area contributed by atoms with Crippen LogP contribution in [0.2, 0.25) is 5.02 Å². The fourth-order valence-corrected chi connectivity index (χ4v) is 4.03. The van der Waals surface area contributed by atoms with Crippen LogP contribution in [0.3, 0.4) is 0 Å². The van der Waals surface area contributed by atoms with Crippen molar-refractivity contribution in [2.24, 2.45) is 0 Å². The van der Waals surface area contributed by atoms with Gasteiger partial charge in [-0.1, -0.05) is 11.6 Å². The van der Waals surface area contributed by atoms with E-state index in [4.69, 9.17) is 16.6 Å². The predicted octanol–water partition coefficient (Wildman–Crippen LogP) is 4.56. The molecule has 0 unspecified atom stereocenters. The molecule has 0 saturated heterocycles. The standard InChI is InChI=1S/C20H24ClN5/c1-26(2)15-7-5-14(6-8-15)24-19-11-13(21)10-18(25-19)17-12-23-20-16(17)4-3-9-22-20/h3-4,9-12,14-15H,5-8H2,1-2H3,(H,22,23)(H,24,25). The number of anilines is 1. The van der Waals surface area contributed by atoms with Gasteiger partial charge in [0, 0.05) is 40.4 Å². The predicted molar refractivity (Wildman–Crippen MR) is 108 cm³/mol. The van der Waals surface area contributed by atoms with Gasteiger partial charge in [-0.15, -0.1) is 0 Å². The maximum atomic E-state index is 6.39. The second-order valence-electron chi connectivity index (χ2n) is 7.27. The Kier molecular flexibility index (Phi) is 4.83. The van der Waals surface area contributed by atoms with E-state index in [-0.39, 0.29) is 0 Å². The fraction of sp³-hybridized carbons (Fsp3) is 0.400. The van der Waals surface area contributed by atoms with E-state index in [0.717, 1.165) is 41.0 Å². The number of aromatic amines is 1. The van der Waals surface area contributed by atoms with E-state index in [1.54, 1.807) is 6.20 Å². The first-order chi connectivity index (χ1) is 12.6. The van der Waals surface area contributed by atoms with Crippen molar-refractivity contribution in [1.29, 1.82) is 0 Å². The Bertz CT molecular complexity index is 896. The number of fused-ring (bicyclic) bond motifs is 1. The van der Waals surface area contributed by atoms with Crippen LogP contribution in [0, 0.1) is 0 Å². The largest absolute Gasteiger partial charge is 0.367 e. The van der Waals surface area contributed by atoms with Gasteiger partial charge in [0.1, 0.15) is 11.5 Å². The maximum absolute atomic E-state index is 6.39. The summed E-state index contributed by atoms with van der Waals surface area (Å²) >= 11 is 6.39. The molecular weight excluding hydrogens is 346 g/mol. The van der Waals surface area contributed by atoms with Crippen molar-refractivity contribution in [2.45, 2.75) is 37.8 Å². The SMILES string of the molecule is CN(C)C1CCC(Nc2cc(Cl)cc(-c3c[nH]c4ncccc34)n2)CC1. The molecule has 0 aromatic carbocycles. The molecule has 4 rings (SSSR count). The van der Waals surface area contributed by atoms with Crippen molar-refractivity contribution in [3.05, 3.63) is 41.7 Å². The van der Waals surface area contributed by atoms with Crippen LogP contribution in [-0.4, -0.2) is 46.0 Å². The minimum Gasteiger partial charge on any atom is -0.367 e. The van der Waals surface area contributed by atoms with Crippen molar-refractivity contribution in [2.75, 3.05) is 19.4 Å². The van der Waals surface area contributed by atoms with E-state index in [2.05, 4.69) is 34.3 Å². The number of aromatic nitrogens is 3. The summed E-state index contributed by atoms with van der Waals surface area (Å²) in [6.07, 6.45) is 8.47. The molecular formula is C20H24ClN5. The van der Waals surface area contributed by atoms with E-state index < -0.39 is 0 Å². The molecule has 3 heterocycles. The summed E-state index contributed by atoms with van der Waals surface area (Å²) in [4.78, 5) is 14.7. The first-order valence-electron chi connectivity index (χ1n) is 9.13. The number of H-pyrrole nitrogens is 1. The summed E-state index contributed by atoms with van der Waals surface area (Å²) in [5, 5.41) is 5.34. The summed E-state index contributed by atoms with van der Waals surface area (Å²) in [5.74, 6) is 0.846. The van der Waals surface area contributed by atoms with Crippen LogP contribution in [0.4, 0.5) is 5.82 Å². The summed E-state index contributed by atoms with van der Waals surface area (Å²) in [5.41, 5.74) is 2.75. The first-order valence-corrected chi connectivity index (χ1v) is 9.51. The lowest BCUT2D eigenvalue weighted by Gasteiger charge is -2.33. The summed E-state index contributed by atoms with van der Waals surface area (Å²) in [6, 6.07) is 8.95. The van der Waals surface area contributed by atoms with Gasteiger partial charge in [-0.25, -0.2) is 9.97 Å². The Morgan fingerprint density at radius 3 is 2.77 bits per heavy atom. The number of hydrogen-bond acceptors (Lipinski definition) is 4. The molecule has 136 valence electrons. The molecule has 5 nitrogen and oxygen atoms in total. The summed E-state index contributed by atoms with van der Waals surface area (Å²) in [7, 11) is 4.33. The maximum Gasteiger partial charge on any atom is 0.137 e. The molecule has 3 aromatic rings. The lowest BCUT2D eigenvalue weighted by Crippen LogP contribution is -2.36. The van der Waals surface area contributed by atoms with Crippen molar-refractivity contribution in [1.82, 2.24) is 19.9 Å². The highest BCUT2D eigenvalue weighted by Gasteiger charge is 2.22. The normalized spacial score (nSPS) is 20.6. The summed E-state index contributed by atoms with van der Waals surface area (Å²) in [6.45, 7) is 0. The minimum atomic E-state index is 0.453. The molecule has 0 bridgehead atoms. The van der Waals surface area contributed by atoms with E-state index in [1.165, 1.54) is 12.8 Å². The van der Waals surface area contributed by atoms with E-state index in [1.807, 2.05) is 30.5 Å².